The highest BCUT2D eigenvalue weighted by Gasteiger charge is 2.21. The third-order valence-electron chi connectivity index (χ3n) is 2.06. The zero-order valence-electron chi connectivity index (χ0n) is 8.23. The fourth-order valence-corrected chi connectivity index (χ4v) is 1.27. The molecule has 0 aliphatic carbocycles. The van der Waals surface area contributed by atoms with E-state index in [4.69, 9.17) is 0 Å². The number of aromatic hydroxyl groups is 1. The molecule has 0 unspecified atom stereocenters. The number of rotatable bonds is 2. The second-order valence-electron chi connectivity index (χ2n) is 3.24. The number of phenols is 1. The largest absolute Gasteiger partial charge is 0.506 e. The van der Waals surface area contributed by atoms with Crippen LogP contribution in [0, 0.1) is 0 Å². The van der Waals surface area contributed by atoms with Gasteiger partial charge in [-0.15, -0.1) is 0 Å². The second kappa shape index (κ2) is 4.01. The van der Waals surface area contributed by atoms with E-state index in [1.165, 1.54) is 6.07 Å². The third-order valence-corrected chi connectivity index (χ3v) is 2.06. The van der Waals surface area contributed by atoms with Crippen LogP contribution in [0.5, 0.6) is 5.75 Å². The Balaban J connectivity index is 2.09. The minimum absolute atomic E-state index is 0.0336. The van der Waals surface area contributed by atoms with Crippen molar-refractivity contribution in [2.45, 2.75) is 6.42 Å². The van der Waals surface area contributed by atoms with E-state index < -0.39 is 5.91 Å². The number of nitrogens with zero attached hydrogens (tertiary/aromatic N) is 1. The first-order chi connectivity index (χ1) is 7.66. The Morgan fingerprint density at radius 3 is 2.81 bits per heavy atom. The number of carbonyl (C=O) groups is 2. The summed E-state index contributed by atoms with van der Waals surface area (Å²) in [5.74, 6) is -0.851. The molecule has 0 spiro atoms. The smallest absolute Gasteiger partial charge is 0.272 e. The van der Waals surface area contributed by atoms with E-state index in [-0.39, 0.29) is 29.5 Å². The Kier molecular flexibility index (Phi) is 2.55. The maximum Gasteiger partial charge on any atom is 0.272 e. The van der Waals surface area contributed by atoms with E-state index in [2.05, 4.69) is 15.8 Å². The van der Waals surface area contributed by atoms with Crippen LogP contribution in [0.15, 0.2) is 29.4 Å². The molecule has 0 radical (unpaired) electrons. The lowest BCUT2D eigenvalue weighted by Crippen LogP contribution is -2.22. The van der Waals surface area contributed by atoms with Crippen LogP contribution in [0.3, 0.4) is 0 Å². The van der Waals surface area contributed by atoms with Gasteiger partial charge in [0.15, 0.2) is 0 Å². The molecule has 0 saturated carbocycles. The van der Waals surface area contributed by atoms with Gasteiger partial charge in [-0.3, -0.25) is 9.59 Å². The van der Waals surface area contributed by atoms with Crippen molar-refractivity contribution in [2.75, 3.05) is 5.32 Å². The van der Waals surface area contributed by atoms with Crippen molar-refractivity contribution in [3.8, 4) is 5.75 Å². The number of phenolic OH excluding ortho intramolecular Hbond substituents is 1. The van der Waals surface area contributed by atoms with E-state index in [0.717, 1.165) is 0 Å². The summed E-state index contributed by atoms with van der Waals surface area (Å²) in [6, 6.07) is 6.33. The maximum atomic E-state index is 11.6. The summed E-state index contributed by atoms with van der Waals surface area (Å²) in [5.41, 5.74) is 2.57. The highest BCUT2D eigenvalue weighted by molar-refractivity contribution is 6.46. The second-order valence-corrected chi connectivity index (χ2v) is 3.24. The van der Waals surface area contributed by atoms with Gasteiger partial charge >= 0.3 is 0 Å². The van der Waals surface area contributed by atoms with Crippen LogP contribution >= 0.6 is 0 Å². The van der Waals surface area contributed by atoms with E-state index in [0.29, 0.717) is 0 Å². The molecule has 1 aliphatic heterocycles. The highest BCUT2D eigenvalue weighted by Crippen LogP contribution is 2.21. The summed E-state index contributed by atoms with van der Waals surface area (Å²) in [6.45, 7) is 0. The van der Waals surface area contributed by atoms with E-state index in [1.807, 2.05) is 0 Å². The molecule has 3 N–H and O–H groups in total. The SMILES string of the molecule is O=C1CC(C(=O)Nc2ccccc2O)=NN1. The Bertz CT molecular complexity index is 482. The molecule has 1 aliphatic rings. The van der Waals surface area contributed by atoms with Crippen molar-refractivity contribution < 1.29 is 14.7 Å². The number of hydrogen-bond donors (Lipinski definition) is 3. The van der Waals surface area contributed by atoms with Gasteiger partial charge in [-0.25, -0.2) is 5.43 Å². The lowest BCUT2D eigenvalue weighted by molar-refractivity contribution is -0.119. The average molecular weight is 219 g/mol. The Morgan fingerprint density at radius 2 is 2.19 bits per heavy atom. The fourth-order valence-electron chi connectivity index (χ4n) is 1.27. The first-order valence-electron chi connectivity index (χ1n) is 4.61. The predicted octanol–water partition coefficient (Wildman–Crippen LogP) is 0.207. The van der Waals surface area contributed by atoms with Crippen LogP contribution in [0.2, 0.25) is 0 Å². The lowest BCUT2D eigenvalue weighted by atomic mass is 10.2. The molecule has 2 amide bonds. The molecule has 0 atom stereocenters. The normalized spacial score (nSPS) is 14.2. The molecular weight excluding hydrogens is 210 g/mol. The Hall–Kier alpha value is -2.37. The summed E-state index contributed by atoms with van der Waals surface area (Å²) in [6.07, 6.45) is -0.0422. The molecule has 6 heteroatoms. The van der Waals surface area contributed by atoms with Crippen molar-refractivity contribution >= 4 is 23.2 Å². The van der Waals surface area contributed by atoms with Gasteiger partial charge in [0, 0.05) is 0 Å². The van der Waals surface area contributed by atoms with Crippen molar-refractivity contribution in [1.29, 1.82) is 0 Å². The Labute approximate surface area is 91.0 Å². The number of amides is 2. The number of carbonyl (C=O) groups excluding carboxylic acids is 2. The summed E-state index contributed by atoms with van der Waals surface area (Å²) < 4.78 is 0. The number of nitrogens with one attached hydrogen (secondary N) is 2. The number of anilines is 1. The summed E-state index contributed by atoms with van der Waals surface area (Å²) >= 11 is 0. The fraction of sp³-hybridized carbons (Fsp3) is 0.100. The zero-order chi connectivity index (χ0) is 11.5. The van der Waals surface area contributed by atoms with Gasteiger partial charge in [0.1, 0.15) is 11.5 Å². The molecule has 1 aromatic carbocycles. The van der Waals surface area contributed by atoms with Crippen LogP contribution in [-0.4, -0.2) is 22.6 Å². The van der Waals surface area contributed by atoms with Crippen molar-refractivity contribution in [1.82, 2.24) is 5.43 Å². The highest BCUT2D eigenvalue weighted by atomic mass is 16.3. The molecule has 0 saturated heterocycles. The summed E-state index contributed by atoms with van der Waals surface area (Å²) in [5, 5.41) is 15.4. The predicted molar refractivity (Wildman–Crippen MR) is 56.9 cm³/mol. The topological polar surface area (TPSA) is 90.8 Å². The number of benzene rings is 1. The van der Waals surface area contributed by atoms with Gasteiger partial charge in [0.05, 0.1) is 12.1 Å². The van der Waals surface area contributed by atoms with Gasteiger partial charge in [0.2, 0.25) is 5.91 Å². The molecule has 0 aromatic heterocycles. The molecule has 0 bridgehead atoms. The number of para-hydroxylation sites is 2. The average Bonchev–Trinajstić information content (AvgIpc) is 2.68. The zero-order valence-corrected chi connectivity index (χ0v) is 8.23. The molecule has 1 aromatic rings. The van der Waals surface area contributed by atoms with Gasteiger partial charge < -0.3 is 10.4 Å². The van der Waals surface area contributed by atoms with E-state index in [1.54, 1.807) is 18.2 Å². The van der Waals surface area contributed by atoms with Crippen molar-refractivity contribution in [2.24, 2.45) is 5.10 Å². The molecule has 2 rings (SSSR count). The molecule has 82 valence electrons. The standard InChI is InChI=1S/C10H9N3O3/c14-8-4-2-1-3-6(8)11-10(16)7-5-9(15)13-12-7/h1-4,14H,5H2,(H,11,16)(H,13,15). The molecule has 6 nitrogen and oxygen atoms in total. The molecular formula is C10H9N3O3. The minimum Gasteiger partial charge on any atom is -0.506 e. The first kappa shape index (κ1) is 10.2. The van der Waals surface area contributed by atoms with Crippen LogP contribution in [0.4, 0.5) is 5.69 Å². The Morgan fingerprint density at radius 1 is 1.44 bits per heavy atom. The van der Waals surface area contributed by atoms with Crippen molar-refractivity contribution in [3.05, 3.63) is 24.3 Å². The number of hydrazone groups is 1. The van der Waals surface area contributed by atoms with E-state index in [9.17, 15) is 14.7 Å². The molecule has 16 heavy (non-hydrogen) atoms. The lowest BCUT2D eigenvalue weighted by Gasteiger charge is -2.05. The van der Waals surface area contributed by atoms with Crippen LogP contribution in [-0.2, 0) is 9.59 Å². The van der Waals surface area contributed by atoms with Crippen molar-refractivity contribution in [3.63, 3.8) is 0 Å². The molecule has 0 fully saturated rings. The first-order valence-corrected chi connectivity index (χ1v) is 4.61. The number of hydrogen-bond acceptors (Lipinski definition) is 4. The summed E-state index contributed by atoms with van der Waals surface area (Å²) in [4.78, 5) is 22.4. The van der Waals surface area contributed by atoms with Gasteiger partial charge in [-0.1, -0.05) is 12.1 Å². The van der Waals surface area contributed by atoms with Crippen LogP contribution in [0.1, 0.15) is 6.42 Å². The van der Waals surface area contributed by atoms with Gasteiger partial charge in [-0.05, 0) is 12.1 Å². The van der Waals surface area contributed by atoms with E-state index >= 15 is 0 Å². The van der Waals surface area contributed by atoms with Gasteiger partial charge in [0.25, 0.3) is 5.91 Å². The van der Waals surface area contributed by atoms with Gasteiger partial charge in [-0.2, -0.15) is 5.10 Å². The summed E-state index contributed by atoms with van der Waals surface area (Å²) in [7, 11) is 0. The maximum absolute atomic E-state index is 11.6. The quantitative estimate of drug-likeness (QED) is 0.621. The minimum atomic E-state index is -0.500. The van der Waals surface area contributed by atoms with Crippen LogP contribution < -0.4 is 10.7 Å². The monoisotopic (exact) mass is 219 g/mol. The molecule has 1 heterocycles. The van der Waals surface area contributed by atoms with Crippen LogP contribution in [0.25, 0.3) is 0 Å². The third kappa shape index (κ3) is 2.00.